The van der Waals surface area contributed by atoms with Crippen LogP contribution in [0, 0.1) is 0 Å². The summed E-state index contributed by atoms with van der Waals surface area (Å²) in [6, 6.07) is 7.52. The molecule has 0 aliphatic heterocycles. The van der Waals surface area contributed by atoms with Crippen molar-refractivity contribution in [3.63, 3.8) is 0 Å². The third-order valence-electron chi connectivity index (χ3n) is 2.72. The standard InChI is InChI=1S/C13H10O3/c1-2-15-13-11-10(7-16-13)8-5-3-4-6-9(8)12(11)14/h3-7H,2H2,1H3. The van der Waals surface area contributed by atoms with E-state index in [1.807, 2.05) is 31.2 Å². The van der Waals surface area contributed by atoms with Gasteiger partial charge in [-0.1, -0.05) is 24.3 Å². The van der Waals surface area contributed by atoms with E-state index in [1.165, 1.54) is 0 Å². The minimum Gasteiger partial charge on any atom is -0.465 e. The van der Waals surface area contributed by atoms with Gasteiger partial charge in [0.2, 0.25) is 5.78 Å². The number of carbonyl (C=O) groups is 1. The second kappa shape index (κ2) is 3.23. The van der Waals surface area contributed by atoms with Crippen molar-refractivity contribution in [2.75, 3.05) is 6.61 Å². The van der Waals surface area contributed by atoms with Gasteiger partial charge in [-0.05, 0) is 12.5 Å². The maximum absolute atomic E-state index is 12.1. The van der Waals surface area contributed by atoms with Crippen LogP contribution in [0.1, 0.15) is 22.8 Å². The first-order valence-corrected chi connectivity index (χ1v) is 5.21. The predicted octanol–water partition coefficient (Wildman–Crippen LogP) is 2.89. The first-order chi connectivity index (χ1) is 7.83. The molecule has 0 N–H and O–H groups in total. The lowest BCUT2D eigenvalue weighted by Gasteiger charge is -1.99. The van der Waals surface area contributed by atoms with Gasteiger partial charge < -0.3 is 9.15 Å². The Bertz CT molecular complexity index is 566. The largest absolute Gasteiger partial charge is 0.465 e. The first-order valence-electron chi connectivity index (χ1n) is 5.21. The van der Waals surface area contributed by atoms with E-state index in [0.29, 0.717) is 18.1 Å². The maximum Gasteiger partial charge on any atom is 0.296 e. The van der Waals surface area contributed by atoms with E-state index in [9.17, 15) is 4.79 Å². The van der Waals surface area contributed by atoms with Crippen LogP contribution in [0.3, 0.4) is 0 Å². The highest BCUT2D eigenvalue weighted by Gasteiger charge is 2.32. The predicted molar refractivity (Wildman–Crippen MR) is 58.7 cm³/mol. The van der Waals surface area contributed by atoms with Gasteiger partial charge in [-0.15, -0.1) is 0 Å². The van der Waals surface area contributed by atoms with E-state index in [1.54, 1.807) is 6.26 Å². The third kappa shape index (κ3) is 1.05. The second-order valence-corrected chi connectivity index (χ2v) is 3.62. The average molecular weight is 214 g/mol. The van der Waals surface area contributed by atoms with Crippen molar-refractivity contribution < 1.29 is 13.9 Å². The van der Waals surface area contributed by atoms with Gasteiger partial charge in [0.15, 0.2) is 0 Å². The highest BCUT2D eigenvalue weighted by atomic mass is 16.6. The second-order valence-electron chi connectivity index (χ2n) is 3.62. The number of hydrogen-bond donors (Lipinski definition) is 0. The zero-order chi connectivity index (χ0) is 11.1. The lowest BCUT2D eigenvalue weighted by atomic mass is 10.1. The smallest absolute Gasteiger partial charge is 0.296 e. The molecule has 1 aliphatic rings. The van der Waals surface area contributed by atoms with Crippen molar-refractivity contribution >= 4 is 5.78 Å². The van der Waals surface area contributed by atoms with Crippen molar-refractivity contribution in [3.05, 3.63) is 41.7 Å². The molecule has 3 rings (SSSR count). The van der Waals surface area contributed by atoms with Crippen LogP contribution in [-0.2, 0) is 0 Å². The monoisotopic (exact) mass is 214 g/mol. The molecule has 1 aromatic carbocycles. The van der Waals surface area contributed by atoms with Crippen LogP contribution in [0.25, 0.3) is 11.1 Å². The van der Waals surface area contributed by atoms with Gasteiger partial charge in [0.1, 0.15) is 11.8 Å². The zero-order valence-electron chi connectivity index (χ0n) is 8.82. The number of fused-ring (bicyclic) bond motifs is 3. The van der Waals surface area contributed by atoms with Gasteiger partial charge in [0.25, 0.3) is 5.95 Å². The summed E-state index contributed by atoms with van der Waals surface area (Å²) in [7, 11) is 0. The van der Waals surface area contributed by atoms with E-state index in [4.69, 9.17) is 9.15 Å². The lowest BCUT2D eigenvalue weighted by Crippen LogP contribution is -1.99. The minimum absolute atomic E-state index is 0.0113. The number of ether oxygens (including phenoxy) is 1. The van der Waals surface area contributed by atoms with Crippen LogP contribution in [0.15, 0.2) is 34.9 Å². The van der Waals surface area contributed by atoms with Crippen molar-refractivity contribution in [1.29, 1.82) is 0 Å². The molecule has 16 heavy (non-hydrogen) atoms. The molecule has 0 atom stereocenters. The maximum atomic E-state index is 12.1. The molecule has 3 nitrogen and oxygen atoms in total. The van der Waals surface area contributed by atoms with Crippen LogP contribution >= 0.6 is 0 Å². The Kier molecular flexibility index (Phi) is 1.86. The Labute approximate surface area is 92.6 Å². The van der Waals surface area contributed by atoms with E-state index in [-0.39, 0.29) is 5.78 Å². The molecule has 0 fully saturated rings. The first kappa shape index (κ1) is 9.21. The molecule has 0 amide bonds. The molecule has 0 saturated heterocycles. The quantitative estimate of drug-likeness (QED) is 0.658. The number of hydrogen-bond acceptors (Lipinski definition) is 3. The minimum atomic E-state index is -0.0113. The van der Waals surface area contributed by atoms with Gasteiger partial charge in [0, 0.05) is 11.1 Å². The van der Waals surface area contributed by atoms with Crippen LogP contribution in [0.2, 0.25) is 0 Å². The van der Waals surface area contributed by atoms with Gasteiger partial charge in [-0.2, -0.15) is 0 Å². The molecule has 80 valence electrons. The highest BCUT2D eigenvalue weighted by molar-refractivity contribution is 6.22. The molecule has 1 aromatic heterocycles. The fourth-order valence-corrected chi connectivity index (χ4v) is 2.04. The van der Waals surface area contributed by atoms with E-state index in [2.05, 4.69) is 0 Å². The van der Waals surface area contributed by atoms with Gasteiger partial charge in [0.05, 0.1) is 6.61 Å². The van der Waals surface area contributed by atoms with Crippen LogP contribution in [-0.4, -0.2) is 12.4 Å². The molecule has 0 saturated carbocycles. The summed E-state index contributed by atoms with van der Waals surface area (Å²) >= 11 is 0. The molecule has 0 bridgehead atoms. The summed E-state index contributed by atoms with van der Waals surface area (Å²) in [5.74, 6) is 0.321. The van der Waals surface area contributed by atoms with Crippen molar-refractivity contribution in [3.8, 4) is 17.1 Å². The van der Waals surface area contributed by atoms with Gasteiger partial charge >= 0.3 is 0 Å². The van der Waals surface area contributed by atoms with Crippen molar-refractivity contribution in [2.24, 2.45) is 0 Å². The SMILES string of the molecule is CCOc1occ2c1C(=O)c1ccccc1-2. The Morgan fingerprint density at radius 3 is 2.69 bits per heavy atom. The number of rotatable bonds is 2. The number of ketones is 1. The van der Waals surface area contributed by atoms with Crippen LogP contribution in [0.4, 0.5) is 0 Å². The molecule has 0 unspecified atom stereocenters. The fraction of sp³-hybridized carbons (Fsp3) is 0.154. The molecule has 0 spiro atoms. The summed E-state index contributed by atoms with van der Waals surface area (Å²) in [6.45, 7) is 2.35. The Morgan fingerprint density at radius 2 is 1.94 bits per heavy atom. The Hall–Kier alpha value is -2.03. The highest BCUT2D eigenvalue weighted by Crippen LogP contribution is 2.42. The summed E-state index contributed by atoms with van der Waals surface area (Å²) in [5.41, 5.74) is 3.05. The normalized spacial score (nSPS) is 12.4. The van der Waals surface area contributed by atoms with Crippen LogP contribution < -0.4 is 4.74 Å². The fourth-order valence-electron chi connectivity index (χ4n) is 2.04. The number of benzene rings is 1. The molecule has 2 aromatic rings. The average Bonchev–Trinajstić information content (AvgIpc) is 2.83. The molecule has 1 aliphatic carbocycles. The molecule has 0 radical (unpaired) electrons. The van der Waals surface area contributed by atoms with Gasteiger partial charge in [-0.25, -0.2) is 0 Å². The summed E-state index contributed by atoms with van der Waals surface area (Å²) in [6.07, 6.45) is 1.59. The van der Waals surface area contributed by atoms with Crippen LogP contribution in [0.5, 0.6) is 5.95 Å². The zero-order valence-corrected chi connectivity index (χ0v) is 8.82. The van der Waals surface area contributed by atoms with E-state index >= 15 is 0 Å². The van der Waals surface area contributed by atoms with E-state index < -0.39 is 0 Å². The van der Waals surface area contributed by atoms with Crippen molar-refractivity contribution in [1.82, 2.24) is 0 Å². The summed E-state index contributed by atoms with van der Waals surface area (Å²) in [5, 5.41) is 0. The number of carbonyl (C=O) groups excluding carboxylic acids is 1. The van der Waals surface area contributed by atoms with Gasteiger partial charge in [-0.3, -0.25) is 4.79 Å². The Balaban J connectivity index is 2.22. The van der Waals surface area contributed by atoms with E-state index in [0.717, 1.165) is 16.7 Å². The summed E-state index contributed by atoms with van der Waals surface area (Å²) < 4.78 is 10.6. The van der Waals surface area contributed by atoms with Crippen molar-refractivity contribution in [2.45, 2.75) is 6.92 Å². The topological polar surface area (TPSA) is 39.4 Å². The Morgan fingerprint density at radius 1 is 1.19 bits per heavy atom. The summed E-state index contributed by atoms with van der Waals surface area (Å²) in [4.78, 5) is 12.1. The number of furan rings is 1. The molecule has 3 heteroatoms. The molecular formula is C13H10O3. The molecule has 1 heterocycles. The third-order valence-corrected chi connectivity index (χ3v) is 2.72. The molecular weight excluding hydrogens is 204 g/mol. The lowest BCUT2D eigenvalue weighted by molar-refractivity contribution is 0.103.